The van der Waals surface area contributed by atoms with Crippen LogP contribution in [0.25, 0.3) is 0 Å². The predicted molar refractivity (Wildman–Crippen MR) is 83.5 cm³/mol. The number of carbonyl (C=O) groups is 1. The summed E-state index contributed by atoms with van der Waals surface area (Å²) in [5.74, 6) is -0.931. The number of sulfonamides is 1. The first-order chi connectivity index (χ1) is 10.2. The molecule has 0 aliphatic carbocycles. The number of halogens is 1. The Morgan fingerprint density at radius 1 is 1.41 bits per heavy atom. The third-order valence-corrected chi connectivity index (χ3v) is 6.15. The molecule has 0 saturated carbocycles. The molecule has 1 amide bonds. The first kappa shape index (κ1) is 16.9. The fourth-order valence-electron chi connectivity index (χ4n) is 2.44. The number of anilines is 1. The van der Waals surface area contributed by atoms with Crippen LogP contribution in [0.2, 0.25) is 0 Å². The monoisotopic (exact) mass is 328 g/mol. The molecule has 0 spiro atoms. The van der Waals surface area contributed by atoms with Crippen molar-refractivity contribution in [1.29, 1.82) is 0 Å². The lowest BCUT2D eigenvalue weighted by Gasteiger charge is -2.19. The van der Waals surface area contributed by atoms with Gasteiger partial charge < -0.3 is 5.32 Å². The highest BCUT2D eigenvalue weighted by atomic mass is 32.2. The summed E-state index contributed by atoms with van der Waals surface area (Å²) in [4.78, 5) is 12.2. The molecule has 0 unspecified atom stereocenters. The van der Waals surface area contributed by atoms with E-state index < -0.39 is 15.3 Å². The van der Waals surface area contributed by atoms with Gasteiger partial charge in [-0.1, -0.05) is 0 Å². The highest BCUT2D eigenvalue weighted by Gasteiger charge is 2.36. The van der Waals surface area contributed by atoms with Crippen LogP contribution in [-0.4, -0.2) is 37.0 Å². The number of amides is 1. The number of carbonyl (C=O) groups excluding carboxylic acids is 1. The highest BCUT2D eigenvalue weighted by molar-refractivity contribution is 7.89. The Labute approximate surface area is 130 Å². The summed E-state index contributed by atoms with van der Waals surface area (Å²) in [6.45, 7) is 5.44. The van der Waals surface area contributed by atoms with Gasteiger partial charge in [0.15, 0.2) is 0 Å². The van der Waals surface area contributed by atoms with Crippen LogP contribution in [0, 0.1) is 18.7 Å². The van der Waals surface area contributed by atoms with Gasteiger partial charge in [0, 0.05) is 18.8 Å². The largest absolute Gasteiger partial charge is 0.326 e. The van der Waals surface area contributed by atoms with Gasteiger partial charge in [-0.25, -0.2) is 17.1 Å². The van der Waals surface area contributed by atoms with Crippen LogP contribution < -0.4 is 5.32 Å². The number of benzene rings is 1. The van der Waals surface area contributed by atoms with E-state index in [2.05, 4.69) is 5.32 Å². The Morgan fingerprint density at radius 2 is 2.09 bits per heavy atom. The molecule has 7 heteroatoms. The zero-order chi connectivity index (χ0) is 16.5. The number of rotatable bonds is 4. The molecule has 22 heavy (non-hydrogen) atoms. The third kappa shape index (κ3) is 3.47. The molecule has 122 valence electrons. The Kier molecular flexibility index (Phi) is 4.87. The molecular formula is C15H21FN2O3S. The minimum Gasteiger partial charge on any atom is -0.326 e. The van der Waals surface area contributed by atoms with Gasteiger partial charge in [-0.15, -0.1) is 0 Å². The molecule has 1 aliphatic rings. The van der Waals surface area contributed by atoms with Crippen LogP contribution in [0.4, 0.5) is 10.1 Å². The first-order valence-corrected chi connectivity index (χ1v) is 8.78. The molecule has 0 radical (unpaired) electrons. The molecule has 5 nitrogen and oxygen atoms in total. The highest BCUT2D eigenvalue weighted by Crippen LogP contribution is 2.23. The topological polar surface area (TPSA) is 66.5 Å². The summed E-state index contributed by atoms with van der Waals surface area (Å²) in [7, 11) is -3.32. The maximum atomic E-state index is 13.2. The van der Waals surface area contributed by atoms with Crippen LogP contribution in [0.15, 0.2) is 18.2 Å². The third-order valence-electron chi connectivity index (χ3n) is 3.90. The number of hydrogen-bond donors (Lipinski definition) is 1. The first-order valence-electron chi connectivity index (χ1n) is 7.28. The molecule has 1 heterocycles. The van der Waals surface area contributed by atoms with Gasteiger partial charge >= 0.3 is 0 Å². The molecule has 1 N–H and O–H groups in total. The lowest BCUT2D eigenvalue weighted by atomic mass is 10.1. The van der Waals surface area contributed by atoms with E-state index in [1.807, 2.05) is 0 Å². The summed E-state index contributed by atoms with van der Waals surface area (Å²) in [5.41, 5.74) is 0.974. The van der Waals surface area contributed by atoms with Crippen molar-refractivity contribution >= 4 is 21.6 Å². The predicted octanol–water partition coefficient (Wildman–Crippen LogP) is 2.13. The molecule has 2 rings (SSSR count). The quantitative estimate of drug-likeness (QED) is 0.921. The second kappa shape index (κ2) is 6.34. The lowest BCUT2D eigenvalue weighted by Crippen LogP contribution is -2.35. The Hall–Kier alpha value is -1.47. The van der Waals surface area contributed by atoms with Crippen LogP contribution in [0.1, 0.15) is 25.8 Å². The SMILES string of the molecule is Cc1cc(NC(=O)[C@H]2CCN(S(=O)(=O)C(C)C)C2)ccc1F. The number of nitrogens with zero attached hydrogens (tertiary/aromatic N) is 1. The zero-order valence-corrected chi connectivity index (χ0v) is 13.8. The molecular weight excluding hydrogens is 307 g/mol. The maximum absolute atomic E-state index is 13.2. The molecule has 1 aromatic carbocycles. The van der Waals surface area contributed by atoms with Crippen molar-refractivity contribution in [2.75, 3.05) is 18.4 Å². The molecule has 0 aromatic heterocycles. The van der Waals surface area contributed by atoms with E-state index in [1.54, 1.807) is 26.8 Å². The van der Waals surface area contributed by atoms with Gasteiger partial charge in [-0.2, -0.15) is 0 Å². The van der Waals surface area contributed by atoms with E-state index >= 15 is 0 Å². The van der Waals surface area contributed by atoms with Gasteiger partial charge in [0.1, 0.15) is 5.82 Å². The average molecular weight is 328 g/mol. The van der Waals surface area contributed by atoms with Crippen molar-refractivity contribution in [2.45, 2.75) is 32.4 Å². The second-order valence-electron chi connectivity index (χ2n) is 5.89. The summed E-state index contributed by atoms with van der Waals surface area (Å²) < 4.78 is 38.8. The Morgan fingerprint density at radius 3 is 2.68 bits per heavy atom. The van der Waals surface area contributed by atoms with Gasteiger partial charge in [-0.3, -0.25) is 4.79 Å². The molecule has 0 bridgehead atoms. The molecule has 1 fully saturated rings. The number of aryl methyl sites for hydroxylation is 1. The fraction of sp³-hybridized carbons (Fsp3) is 0.533. The zero-order valence-electron chi connectivity index (χ0n) is 13.0. The van der Waals surface area contributed by atoms with Crippen LogP contribution >= 0.6 is 0 Å². The Balaban J connectivity index is 2.02. The molecule has 1 aromatic rings. The van der Waals surface area contributed by atoms with E-state index in [-0.39, 0.29) is 24.2 Å². The van der Waals surface area contributed by atoms with E-state index in [0.29, 0.717) is 24.2 Å². The maximum Gasteiger partial charge on any atom is 0.228 e. The van der Waals surface area contributed by atoms with E-state index in [1.165, 1.54) is 16.4 Å². The number of hydrogen-bond acceptors (Lipinski definition) is 3. The van der Waals surface area contributed by atoms with Crippen LogP contribution in [0.3, 0.4) is 0 Å². The minimum absolute atomic E-state index is 0.201. The molecule has 1 atom stereocenters. The normalized spacial score (nSPS) is 19.6. The molecule has 1 saturated heterocycles. The van der Waals surface area contributed by atoms with Crippen LogP contribution in [-0.2, 0) is 14.8 Å². The minimum atomic E-state index is -3.32. The summed E-state index contributed by atoms with van der Waals surface area (Å²) >= 11 is 0. The van der Waals surface area contributed by atoms with E-state index in [0.717, 1.165) is 0 Å². The van der Waals surface area contributed by atoms with Crippen LogP contribution in [0.5, 0.6) is 0 Å². The smallest absolute Gasteiger partial charge is 0.228 e. The molecule has 1 aliphatic heterocycles. The van der Waals surface area contributed by atoms with Crippen molar-refractivity contribution in [3.8, 4) is 0 Å². The van der Waals surface area contributed by atoms with Gasteiger partial charge in [0.2, 0.25) is 15.9 Å². The van der Waals surface area contributed by atoms with Crippen molar-refractivity contribution in [3.63, 3.8) is 0 Å². The van der Waals surface area contributed by atoms with Crippen molar-refractivity contribution < 1.29 is 17.6 Å². The average Bonchev–Trinajstić information content (AvgIpc) is 2.93. The Bertz CT molecular complexity index is 673. The van der Waals surface area contributed by atoms with E-state index in [4.69, 9.17) is 0 Å². The fourth-order valence-corrected chi connectivity index (χ4v) is 3.78. The summed E-state index contributed by atoms with van der Waals surface area (Å²) in [6.07, 6.45) is 0.498. The lowest BCUT2D eigenvalue weighted by molar-refractivity contribution is -0.119. The van der Waals surface area contributed by atoms with Gasteiger partial charge in [0.05, 0.1) is 11.2 Å². The summed E-state index contributed by atoms with van der Waals surface area (Å²) in [6, 6.07) is 4.36. The summed E-state index contributed by atoms with van der Waals surface area (Å²) in [5, 5.41) is 2.23. The second-order valence-corrected chi connectivity index (χ2v) is 8.38. The van der Waals surface area contributed by atoms with Crippen molar-refractivity contribution in [3.05, 3.63) is 29.6 Å². The van der Waals surface area contributed by atoms with Gasteiger partial charge in [-0.05, 0) is 51.0 Å². The van der Waals surface area contributed by atoms with Crippen molar-refractivity contribution in [2.24, 2.45) is 5.92 Å². The van der Waals surface area contributed by atoms with Crippen molar-refractivity contribution in [1.82, 2.24) is 4.31 Å². The number of nitrogens with one attached hydrogen (secondary N) is 1. The van der Waals surface area contributed by atoms with E-state index in [9.17, 15) is 17.6 Å². The standard InChI is InChI=1S/C15H21FN2O3S/c1-10(2)22(20,21)18-7-6-12(9-18)15(19)17-13-4-5-14(16)11(3)8-13/h4-5,8,10,12H,6-7,9H2,1-3H3,(H,17,19)/t12-/m0/s1. The van der Waals surface area contributed by atoms with Gasteiger partial charge in [0.25, 0.3) is 0 Å².